The highest BCUT2D eigenvalue weighted by molar-refractivity contribution is 7.22. The third-order valence-electron chi connectivity index (χ3n) is 2.68. The van der Waals surface area contributed by atoms with Gasteiger partial charge in [0.15, 0.2) is 5.13 Å². The molecule has 1 aromatic heterocycles. The molecular weight excluding hydrogens is 299 g/mol. The van der Waals surface area contributed by atoms with Crippen molar-refractivity contribution in [1.82, 2.24) is 4.98 Å². The molecule has 3 aromatic rings. The largest absolute Gasteiger partial charge is 0.298 e. The molecule has 3 rings (SSSR count). The maximum Gasteiger partial charge on any atom is 0.257 e. The van der Waals surface area contributed by atoms with Crippen LogP contribution in [0, 0.1) is 5.82 Å². The predicted molar refractivity (Wildman–Crippen MR) is 79.0 cm³/mol. The molecule has 1 amide bonds. The standard InChI is InChI=1S/C14H8ClFN2OS/c15-10-5-2-6-11-12(10)17-14(20-11)18-13(19)8-3-1-4-9(16)7-8/h1-7H,(H,17,18,19). The Morgan fingerprint density at radius 3 is 2.80 bits per heavy atom. The topological polar surface area (TPSA) is 42.0 Å². The van der Waals surface area contributed by atoms with Gasteiger partial charge in [0.25, 0.3) is 5.91 Å². The smallest absolute Gasteiger partial charge is 0.257 e. The second-order valence-electron chi connectivity index (χ2n) is 4.07. The van der Waals surface area contributed by atoms with Crippen LogP contribution >= 0.6 is 22.9 Å². The van der Waals surface area contributed by atoms with Crippen molar-refractivity contribution in [1.29, 1.82) is 0 Å². The van der Waals surface area contributed by atoms with E-state index in [0.717, 1.165) is 4.70 Å². The second kappa shape index (κ2) is 5.19. The monoisotopic (exact) mass is 306 g/mol. The summed E-state index contributed by atoms with van der Waals surface area (Å²) in [7, 11) is 0. The first kappa shape index (κ1) is 13.0. The number of anilines is 1. The lowest BCUT2D eigenvalue weighted by molar-refractivity contribution is 0.102. The number of nitrogens with zero attached hydrogens (tertiary/aromatic N) is 1. The number of carbonyl (C=O) groups is 1. The summed E-state index contributed by atoms with van der Waals surface area (Å²) < 4.78 is 14.0. The van der Waals surface area contributed by atoms with E-state index in [0.29, 0.717) is 15.7 Å². The van der Waals surface area contributed by atoms with Crippen molar-refractivity contribution < 1.29 is 9.18 Å². The molecule has 100 valence electrons. The van der Waals surface area contributed by atoms with Gasteiger partial charge < -0.3 is 0 Å². The number of nitrogens with one attached hydrogen (secondary N) is 1. The van der Waals surface area contributed by atoms with E-state index in [2.05, 4.69) is 10.3 Å². The zero-order valence-corrected chi connectivity index (χ0v) is 11.6. The van der Waals surface area contributed by atoms with Crippen LogP contribution < -0.4 is 5.32 Å². The molecule has 6 heteroatoms. The number of fused-ring (bicyclic) bond motifs is 1. The van der Waals surface area contributed by atoms with Gasteiger partial charge in [0, 0.05) is 5.56 Å². The van der Waals surface area contributed by atoms with Crippen molar-refractivity contribution in [3.05, 3.63) is 58.9 Å². The molecule has 0 spiro atoms. The second-order valence-corrected chi connectivity index (χ2v) is 5.51. The van der Waals surface area contributed by atoms with E-state index < -0.39 is 11.7 Å². The summed E-state index contributed by atoms with van der Waals surface area (Å²) in [6.45, 7) is 0. The summed E-state index contributed by atoms with van der Waals surface area (Å²) in [6, 6.07) is 10.9. The zero-order valence-electron chi connectivity index (χ0n) is 10.1. The van der Waals surface area contributed by atoms with Crippen LogP contribution in [0.4, 0.5) is 9.52 Å². The highest BCUT2D eigenvalue weighted by Gasteiger charge is 2.11. The number of para-hydroxylation sites is 1. The third-order valence-corrected chi connectivity index (χ3v) is 3.92. The molecule has 0 aliphatic rings. The average Bonchev–Trinajstić information content (AvgIpc) is 2.83. The number of halogens is 2. The molecule has 0 fully saturated rings. The van der Waals surface area contributed by atoms with Gasteiger partial charge in [0.2, 0.25) is 0 Å². The quantitative estimate of drug-likeness (QED) is 0.765. The van der Waals surface area contributed by atoms with Crippen LogP contribution in [0.1, 0.15) is 10.4 Å². The summed E-state index contributed by atoms with van der Waals surface area (Å²) in [4.78, 5) is 16.2. The van der Waals surface area contributed by atoms with Crippen LogP contribution in [0.3, 0.4) is 0 Å². The van der Waals surface area contributed by atoms with Gasteiger partial charge in [0.05, 0.1) is 9.72 Å². The maximum atomic E-state index is 13.1. The number of rotatable bonds is 2. The molecule has 0 saturated carbocycles. The van der Waals surface area contributed by atoms with Gasteiger partial charge in [0.1, 0.15) is 11.3 Å². The maximum absolute atomic E-state index is 13.1. The van der Waals surface area contributed by atoms with Gasteiger partial charge in [-0.05, 0) is 30.3 Å². The Kier molecular flexibility index (Phi) is 3.38. The molecule has 0 bridgehead atoms. The molecule has 0 radical (unpaired) electrons. The number of benzene rings is 2. The Hall–Kier alpha value is -1.98. The lowest BCUT2D eigenvalue weighted by atomic mass is 10.2. The van der Waals surface area contributed by atoms with E-state index in [1.165, 1.54) is 29.5 Å². The van der Waals surface area contributed by atoms with E-state index in [1.807, 2.05) is 12.1 Å². The first-order chi connectivity index (χ1) is 9.63. The number of hydrogen-bond acceptors (Lipinski definition) is 3. The van der Waals surface area contributed by atoms with Crippen molar-refractivity contribution in [2.45, 2.75) is 0 Å². The number of hydrogen-bond donors (Lipinski definition) is 1. The van der Waals surface area contributed by atoms with Crippen LogP contribution in [0.15, 0.2) is 42.5 Å². The van der Waals surface area contributed by atoms with E-state index in [-0.39, 0.29) is 5.56 Å². The molecule has 3 nitrogen and oxygen atoms in total. The Bertz CT molecular complexity index is 803. The fourth-order valence-corrected chi connectivity index (χ4v) is 2.93. The van der Waals surface area contributed by atoms with E-state index in [4.69, 9.17) is 11.6 Å². The summed E-state index contributed by atoms with van der Waals surface area (Å²) >= 11 is 7.34. The summed E-state index contributed by atoms with van der Waals surface area (Å²) in [5.74, 6) is -0.857. The van der Waals surface area contributed by atoms with Gasteiger partial charge >= 0.3 is 0 Å². The zero-order chi connectivity index (χ0) is 14.1. The molecule has 1 N–H and O–H groups in total. The molecule has 0 saturated heterocycles. The van der Waals surface area contributed by atoms with Crippen LogP contribution in [-0.4, -0.2) is 10.9 Å². The van der Waals surface area contributed by atoms with Crippen LogP contribution in [0.2, 0.25) is 5.02 Å². The molecular formula is C14H8ClFN2OS. The number of thiazole rings is 1. The average molecular weight is 307 g/mol. The Labute approximate surface area is 123 Å². The number of aromatic nitrogens is 1. The van der Waals surface area contributed by atoms with E-state index in [1.54, 1.807) is 12.1 Å². The summed E-state index contributed by atoms with van der Waals surface area (Å²) in [5.41, 5.74) is 0.893. The molecule has 0 aliphatic heterocycles. The highest BCUT2D eigenvalue weighted by Crippen LogP contribution is 2.30. The number of carbonyl (C=O) groups excluding carboxylic acids is 1. The van der Waals surface area contributed by atoms with Crippen LogP contribution in [-0.2, 0) is 0 Å². The predicted octanol–water partition coefficient (Wildman–Crippen LogP) is 4.34. The van der Waals surface area contributed by atoms with Gasteiger partial charge in [-0.15, -0.1) is 0 Å². The third kappa shape index (κ3) is 2.50. The minimum absolute atomic E-state index is 0.246. The van der Waals surface area contributed by atoms with Crippen molar-refractivity contribution in [3.63, 3.8) is 0 Å². The van der Waals surface area contributed by atoms with Crippen molar-refractivity contribution >= 4 is 44.2 Å². The van der Waals surface area contributed by atoms with E-state index in [9.17, 15) is 9.18 Å². The van der Waals surface area contributed by atoms with E-state index >= 15 is 0 Å². The Balaban J connectivity index is 1.89. The molecule has 2 aromatic carbocycles. The minimum atomic E-state index is -0.454. The van der Waals surface area contributed by atoms with Crippen LogP contribution in [0.5, 0.6) is 0 Å². The van der Waals surface area contributed by atoms with Gasteiger partial charge in [-0.2, -0.15) is 0 Å². The Morgan fingerprint density at radius 1 is 1.25 bits per heavy atom. The fourth-order valence-electron chi connectivity index (χ4n) is 1.77. The van der Waals surface area contributed by atoms with Crippen molar-refractivity contribution in [3.8, 4) is 0 Å². The van der Waals surface area contributed by atoms with Crippen LogP contribution in [0.25, 0.3) is 10.2 Å². The first-order valence-corrected chi connectivity index (χ1v) is 6.95. The molecule has 0 aliphatic carbocycles. The van der Waals surface area contributed by atoms with Crippen molar-refractivity contribution in [2.75, 3.05) is 5.32 Å². The molecule has 1 heterocycles. The van der Waals surface area contributed by atoms with Gasteiger partial charge in [-0.3, -0.25) is 10.1 Å². The lowest BCUT2D eigenvalue weighted by Gasteiger charge is -2.01. The fraction of sp³-hybridized carbons (Fsp3) is 0. The highest BCUT2D eigenvalue weighted by atomic mass is 35.5. The SMILES string of the molecule is O=C(Nc1nc2c(Cl)cccc2s1)c1cccc(F)c1. The molecule has 0 atom stereocenters. The first-order valence-electron chi connectivity index (χ1n) is 5.75. The number of amides is 1. The van der Waals surface area contributed by atoms with Gasteiger partial charge in [-0.25, -0.2) is 9.37 Å². The Morgan fingerprint density at radius 2 is 2.05 bits per heavy atom. The lowest BCUT2D eigenvalue weighted by Crippen LogP contribution is -2.11. The molecule has 0 unspecified atom stereocenters. The normalized spacial score (nSPS) is 10.7. The molecule has 20 heavy (non-hydrogen) atoms. The van der Waals surface area contributed by atoms with Gasteiger partial charge in [-0.1, -0.05) is 35.1 Å². The minimum Gasteiger partial charge on any atom is -0.298 e. The summed E-state index contributed by atoms with van der Waals surface area (Å²) in [6.07, 6.45) is 0. The van der Waals surface area contributed by atoms with Crippen molar-refractivity contribution in [2.24, 2.45) is 0 Å². The summed E-state index contributed by atoms with van der Waals surface area (Å²) in [5, 5.41) is 3.61.